The van der Waals surface area contributed by atoms with Crippen molar-refractivity contribution in [2.45, 2.75) is 52.4 Å². The number of unbranched alkanes of at least 4 members (excludes halogenated alkanes) is 3. The minimum Gasteiger partial charge on any atom is -0.466 e. The number of ether oxygens (including phenoxy) is 2. The second kappa shape index (κ2) is 10.2. The van der Waals surface area contributed by atoms with Crippen LogP contribution in [0.5, 0.6) is 5.75 Å². The summed E-state index contributed by atoms with van der Waals surface area (Å²) in [5.74, 6) is -0.553. The monoisotopic (exact) mass is 326 g/mol. The van der Waals surface area contributed by atoms with Gasteiger partial charge in [-0.3, -0.25) is 9.59 Å². The number of benzene rings is 1. The molecule has 0 aliphatic carbocycles. The van der Waals surface area contributed by atoms with Gasteiger partial charge in [0.2, 0.25) is 0 Å². The lowest BCUT2D eigenvalue weighted by atomic mass is 10.2. The Hall–Kier alpha value is -1.55. The summed E-state index contributed by atoms with van der Waals surface area (Å²) in [7, 11) is 0. The van der Waals surface area contributed by atoms with Crippen molar-refractivity contribution in [3.8, 4) is 5.75 Å². The van der Waals surface area contributed by atoms with Gasteiger partial charge >= 0.3 is 11.9 Å². The van der Waals surface area contributed by atoms with Crippen molar-refractivity contribution in [1.82, 2.24) is 0 Å². The Kier molecular flexibility index (Phi) is 8.60. The van der Waals surface area contributed by atoms with Crippen LogP contribution in [0.1, 0.15) is 51.0 Å². The summed E-state index contributed by atoms with van der Waals surface area (Å²) < 4.78 is 10.2. The van der Waals surface area contributed by atoms with Crippen molar-refractivity contribution in [2.75, 3.05) is 6.61 Å². The zero-order valence-electron chi connectivity index (χ0n) is 13.2. The molecule has 0 aliphatic heterocycles. The summed E-state index contributed by atoms with van der Waals surface area (Å²) in [6, 6.07) is 5.16. The molecule has 0 bridgehead atoms. The maximum absolute atomic E-state index is 11.7. The van der Waals surface area contributed by atoms with Gasteiger partial charge in [0.15, 0.2) is 0 Å². The van der Waals surface area contributed by atoms with E-state index in [4.69, 9.17) is 21.1 Å². The van der Waals surface area contributed by atoms with Gasteiger partial charge in [-0.15, -0.1) is 0 Å². The van der Waals surface area contributed by atoms with E-state index in [0.717, 1.165) is 31.2 Å². The predicted octanol–water partition coefficient (Wildman–Crippen LogP) is 4.46. The highest BCUT2D eigenvalue weighted by Crippen LogP contribution is 2.25. The van der Waals surface area contributed by atoms with Crippen LogP contribution in [0, 0.1) is 6.92 Å². The normalized spacial score (nSPS) is 10.3. The van der Waals surface area contributed by atoms with E-state index in [-0.39, 0.29) is 18.8 Å². The average Bonchev–Trinajstić information content (AvgIpc) is 2.48. The number of rotatable bonds is 9. The quantitative estimate of drug-likeness (QED) is 0.382. The molecule has 0 heterocycles. The second-order valence-electron chi connectivity index (χ2n) is 5.19. The minimum absolute atomic E-state index is 0.0159. The highest BCUT2D eigenvalue weighted by Gasteiger charge is 2.12. The molecule has 5 heteroatoms. The first-order valence-electron chi connectivity index (χ1n) is 7.65. The van der Waals surface area contributed by atoms with Crippen LogP contribution >= 0.6 is 11.6 Å². The highest BCUT2D eigenvalue weighted by molar-refractivity contribution is 6.32. The Morgan fingerprint density at radius 2 is 1.82 bits per heavy atom. The van der Waals surface area contributed by atoms with E-state index in [1.165, 1.54) is 0 Å². The number of hydrogen-bond donors (Lipinski definition) is 0. The van der Waals surface area contributed by atoms with Crippen LogP contribution in [0.4, 0.5) is 0 Å². The first kappa shape index (κ1) is 18.5. The van der Waals surface area contributed by atoms with Gasteiger partial charge in [0.05, 0.1) is 24.5 Å². The standard InChI is InChI=1S/C17H23ClO4/c1-3-4-5-6-11-21-16(19)9-10-17(20)22-15-8-7-13(2)12-14(15)18/h7-8,12H,3-6,9-11H2,1-2H3. The van der Waals surface area contributed by atoms with Crippen LogP contribution in [-0.2, 0) is 14.3 Å². The van der Waals surface area contributed by atoms with E-state index >= 15 is 0 Å². The molecule has 0 amide bonds. The zero-order chi connectivity index (χ0) is 16.4. The number of hydrogen-bond acceptors (Lipinski definition) is 4. The molecule has 0 saturated carbocycles. The van der Waals surface area contributed by atoms with Crippen LogP contribution in [-0.4, -0.2) is 18.5 Å². The Labute approximate surface area is 136 Å². The molecule has 0 aromatic heterocycles. The van der Waals surface area contributed by atoms with Gasteiger partial charge < -0.3 is 9.47 Å². The van der Waals surface area contributed by atoms with E-state index in [1.807, 2.05) is 6.92 Å². The molecule has 1 aromatic carbocycles. The first-order valence-corrected chi connectivity index (χ1v) is 8.03. The molecule has 0 N–H and O–H groups in total. The van der Waals surface area contributed by atoms with Crippen LogP contribution in [0.2, 0.25) is 5.02 Å². The van der Waals surface area contributed by atoms with Crippen LogP contribution in [0.3, 0.4) is 0 Å². The summed E-state index contributed by atoms with van der Waals surface area (Å²) in [4.78, 5) is 23.2. The molecule has 22 heavy (non-hydrogen) atoms. The topological polar surface area (TPSA) is 52.6 Å². The molecule has 0 unspecified atom stereocenters. The highest BCUT2D eigenvalue weighted by atomic mass is 35.5. The van der Waals surface area contributed by atoms with Gasteiger partial charge in [-0.25, -0.2) is 0 Å². The van der Waals surface area contributed by atoms with E-state index in [2.05, 4.69) is 6.92 Å². The molecule has 0 spiro atoms. The van der Waals surface area contributed by atoms with Gasteiger partial charge in [-0.2, -0.15) is 0 Å². The van der Waals surface area contributed by atoms with E-state index in [0.29, 0.717) is 17.4 Å². The number of carbonyl (C=O) groups excluding carboxylic acids is 2. The Bertz CT molecular complexity index is 499. The smallest absolute Gasteiger partial charge is 0.311 e. The minimum atomic E-state index is -0.492. The molecule has 0 atom stereocenters. The molecule has 0 saturated heterocycles. The molecule has 122 valence electrons. The number of halogens is 1. The fourth-order valence-corrected chi connectivity index (χ4v) is 2.13. The summed E-state index contributed by atoms with van der Waals surface area (Å²) in [5.41, 5.74) is 0.983. The summed E-state index contributed by atoms with van der Waals surface area (Å²) in [6.07, 6.45) is 4.21. The maximum Gasteiger partial charge on any atom is 0.311 e. The summed E-state index contributed by atoms with van der Waals surface area (Å²) >= 11 is 5.98. The molecule has 1 rings (SSSR count). The van der Waals surface area contributed by atoms with E-state index < -0.39 is 5.97 Å². The van der Waals surface area contributed by atoms with Crippen molar-refractivity contribution >= 4 is 23.5 Å². The fraction of sp³-hybridized carbons (Fsp3) is 0.529. The van der Waals surface area contributed by atoms with Crippen LogP contribution in [0.25, 0.3) is 0 Å². The number of esters is 2. The van der Waals surface area contributed by atoms with Crippen molar-refractivity contribution in [1.29, 1.82) is 0 Å². The number of aryl methyl sites for hydroxylation is 1. The molecule has 1 aromatic rings. The van der Waals surface area contributed by atoms with E-state index in [9.17, 15) is 9.59 Å². The van der Waals surface area contributed by atoms with Gasteiger partial charge in [-0.05, 0) is 31.0 Å². The lowest BCUT2D eigenvalue weighted by Crippen LogP contribution is -2.13. The van der Waals surface area contributed by atoms with Gasteiger partial charge in [0.25, 0.3) is 0 Å². The van der Waals surface area contributed by atoms with Crippen molar-refractivity contribution in [2.24, 2.45) is 0 Å². The largest absolute Gasteiger partial charge is 0.466 e. The van der Waals surface area contributed by atoms with Gasteiger partial charge in [0, 0.05) is 0 Å². The fourth-order valence-electron chi connectivity index (χ4n) is 1.85. The summed E-state index contributed by atoms with van der Waals surface area (Å²) in [6.45, 7) is 4.43. The third kappa shape index (κ3) is 7.46. The van der Waals surface area contributed by atoms with E-state index in [1.54, 1.807) is 18.2 Å². The number of carbonyl (C=O) groups is 2. The third-order valence-corrected chi connectivity index (χ3v) is 3.40. The molecule has 0 aliphatic rings. The van der Waals surface area contributed by atoms with Gasteiger partial charge in [0.1, 0.15) is 5.75 Å². The van der Waals surface area contributed by atoms with Crippen molar-refractivity contribution in [3.05, 3.63) is 28.8 Å². The Morgan fingerprint density at radius 3 is 2.50 bits per heavy atom. The molecule has 4 nitrogen and oxygen atoms in total. The molecule has 0 fully saturated rings. The van der Waals surface area contributed by atoms with Crippen molar-refractivity contribution in [3.63, 3.8) is 0 Å². The molecule has 0 radical (unpaired) electrons. The third-order valence-electron chi connectivity index (χ3n) is 3.11. The summed E-state index contributed by atoms with van der Waals surface area (Å²) in [5, 5.41) is 0.381. The predicted molar refractivity (Wildman–Crippen MR) is 86.2 cm³/mol. The Balaban J connectivity index is 2.23. The lowest BCUT2D eigenvalue weighted by Gasteiger charge is -2.07. The lowest BCUT2D eigenvalue weighted by molar-refractivity contribution is -0.147. The van der Waals surface area contributed by atoms with Crippen LogP contribution < -0.4 is 4.74 Å². The molecular formula is C17H23ClO4. The van der Waals surface area contributed by atoms with Crippen molar-refractivity contribution < 1.29 is 19.1 Å². The Morgan fingerprint density at radius 1 is 1.09 bits per heavy atom. The van der Waals surface area contributed by atoms with Crippen LogP contribution in [0.15, 0.2) is 18.2 Å². The average molecular weight is 327 g/mol. The zero-order valence-corrected chi connectivity index (χ0v) is 13.9. The van der Waals surface area contributed by atoms with Gasteiger partial charge in [-0.1, -0.05) is 43.9 Å². The molecular weight excluding hydrogens is 304 g/mol. The SMILES string of the molecule is CCCCCCOC(=O)CCC(=O)Oc1ccc(C)cc1Cl. The first-order chi connectivity index (χ1) is 10.5. The maximum atomic E-state index is 11.7. The second-order valence-corrected chi connectivity index (χ2v) is 5.60.